The predicted molar refractivity (Wildman–Crippen MR) is 70.1 cm³/mol. The zero-order chi connectivity index (χ0) is 14.6. The van der Waals surface area contributed by atoms with E-state index in [2.05, 4.69) is 5.32 Å². The van der Waals surface area contributed by atoms with E-state index in [4.69, 9.17) is 0 Å². The number of rotatable bonds is 4. The van der Waals surface area contributed by atoms with Gasteiger partial charge in [0.05, 0.1) is 5.92 Å². The highest BCUT2D eigenvalue weighted by molar-refractivity contribution is 5.42. The lowest BCUT2D eigenvalue weighted by molar-refractivity contribution is -0.184. The van der Waals surface area contributed by atoms with Crippen LogP contribution in [-0.4, -0.2) is 37.3 Å². The maximum atomic E-state index is 12.9. The number of hydrogen-bond acceptors (Lipinski definition) is 2. The second kappa shape index (κ2) is 6.43. The van der Waals surface area contributed by atoms with Gasteiger partial charge in [0.1, 0.15) is 5.82 Å². The smallest absolute Gasteiger partial charge is 0.384 e. The van der Waals surface area contributed by atoms with Gasteiger partial charge in [-0.15, -0.1) is 0 Å². The molecule has 0 spiro atoms. The van der Waals surface area contributed by atoms with Gasteiger partial charge >= 0.3 is 6.18 Å². The monoisotopic (exact) mass is 290 g/mol. The minimum atomic E-state index is -4.06. The maximum Gasteiger partial charge on any atom is 0.391 e. The molecule has 1 aliphatic heterocycles. The number of hydrogen-bond donors (Lipinski definition) is 1. The lowest BCUT2D eigenvalue weighted by Crippen LogP contribution is -2.40. The highest BCUT2D eigenvalue weighted by atomic mass is 19.4. The first kappa shape index (κ1) is 15.1. The summed E-state index contributed by atoms with van der Waals surface area (Å²) in [7, 11) is 0. The molecule has 0 aliphatic carbocycles. The summed E-state index contributed by atoms with van der Waals surface area (Å²) >= 11 is 0. The van der Waals surface area contributed by atoms with Crippen molar-refractivity contribution in [3.05, 3.63) is 30.1 Å². The average Bonchev–Trinajstić information content (AvgIpc) is 2.38. The van der Waals surface area contributed by atoms with E-state index in [0.717, 1.165) is 0 Å². The van der Waals surface area contributed by atoms with Crippen molar-refractivity contribution in [1.82, 2.24) is 4.90 Å². The molecule has 0 atom stereocenters. The van der Waals surface area contributed by atoms with Gasteiger partial charge < -0.3 is 10.2 Å². The average molecular weight is 290 g/mol. The van der Waals surface area contributed by atoms with Crippen LogP contribution in [0.25, 0.3) is 0 Å². The van der Waals surface area contributed by atoms with Crippen LogP contribution in [0.1, 0.15) is 12.8 Å². The van der Waals surface area contributed by atoms with Crippen molar-refractivity contribution in [2.24, 2.45) is 5.92 Å². The fourth-order valence-corrected chi connectivity index (χ4v) is 2.44. The van der Waals surface area contributed by atoms with Crippen molar-refractivity contribution < 1.29 is 17.6 Å². The molecular weight excluding hydrogens is 272 g/mol. The van der Waals surface area contributed by atoms with Gasteiger partial charge in [0.2, 0.25) is 0 Å². The molecule has 1 aromatic carbocycles. The molecule has 20 heavy (non-hydrogen) atoms. The number of halogens is 4. The van der Waals surface area contributed by atoms with Gasteiger partial charge in [0.25, 0.3) is 0 Å². The van der Waals surface area contributed by atoms with Crippen LogP contribution in [0.5, 0.6) is 0 Å². The Morgan fingerprint density at radius 2 is 1.90 bits per heavy atom. The van der Waals surface area contributed by atoms with E-state index in [0.29, 0.717) is 31.9 Å². The molecular formula is C14H18F4N2. The van der Waals surface area contributed by atoms with Crippen molar-refractivity contribution in [3.8, 4) is 0 Å². The third-order valence-electron chi connectivity index (χ3n) is 3.63. The largest absolute Gasteiger partial charge is 0.391 e. The van der Waals surface area contributed by atoms with Gasteiger partial charge in [-0.3, -0.25) is 0 Å². The zero-order valence-electron chi connectivity index (χ0n) is 11.1. The summed E-state index contributed by atoms with van der Waals surface area (Å²) in [5.74, 6) is -1.46. The Hall–Kier alpha value is -1.30. The van der Waals surface area contributed by atoms with Crippen LogP contribution in [0, 0.1) is 11.7 Å². The molecule has 0 radical (unpaired) electrons. The summed E-state index contributed by atoms with van der Waals surface area (Å²) in [6.45, 7) is 2.20. The lowest BCUT2D eigenvalue weighted by atomic mass is 9.96. The van der Waals surface area contributed by atoms with Gasteiger partial charge in [0.15, 0.2) is 0 Å². The molecule has 0 bridgehead atoms. The molecule has 2 rings (SSSR count). The fraction of sp³-hybridized carbons (Fsp3) is 0.571. The third-order valence-corrected chi connectivity index (χ3v) is 3.63. The molecule has 1 fully saturated rings. The van der Waals surface area contributed by atoms with Gasteiger partial charge in [-0.1, -0.05) is 6.07 Å². The van der Waals surface area contributed by atoms with Gasteiger partial charge in [-0.2, -0.15) is 13.2 Å². The highest BCUT2D eigenvalue weighted by Crippen LogP contribution is 2.33. The summed E-state index contributed by atoms with van der Waals surface area (Å²) < 4.78 is 50.5. The van der Waals surface area contributed by atoms with Crippen molar-refractivity contribution in [2.45, 2.75) is 19.0 Å². The first-order chi connectivity index (χ1) is 9.45. The molecule has 1 aromatic rings. The van der Waals surface area contributed by atoms with E-state index in [1.54, 1.807) is 12.1 Å². The van der Waals surface area contributed by atoms with Crippen molar-refractivity contribution in [1.29, 1.82) is 0 Å². The van der Waals surface area contributed by atoms with E-state index in [-0.39, 0.29) is 18.7 Å². The summed E-state index contributed by atoms with van der Waals surface area (Å²) in [6.07, 6.45) is -3.72. The first-order valence-corrected chi connectivity index (χ1v) is 6.73. The maximum absolute atomic E-state index is 12.9. The number of alkyl halides is 3. The summed E-state index contributed by atoms with van der Waals surface area (Å²) in [5, 5.41) is 3.07. The van der Waals surface area contributed by atoms with E-state index in [1.807, 2.05) is 4.90 Å². The Labute approximate surface area is 115 Å². The van der Waals surface area contributed by atoms with E-state index < -0.39 is 12.1 Å². The van der Waals surface area contributed by atoms with Crippen LogP contribution in [-0.2, 0) is 0 Å². The van der Waals surface area contributed by atoms with Gasteiger partial charge in [0, 0.05) is 18.8 Å². The lowest BCUT2D eigenvalue weighted by Gasteiger charge is -2.32. The molecule has 0 unspecified atom stereocenters. The normalized spacial score (nSPS) is 18.2. The topological polar surface area (TPSA) is 15.3 Å². The summed E-state index contributed by atoms with van der Waals surface area (Å²) in [6, 6.07) is 6.15. The molecule has 1 N–H and O–H groups in total. The van der Waals surface area contributed by atoms with Crippen molar-refractivity contribution in [2.75, 3.05) is 31.5 Å². The van der Waals surface area contributed by atoms with Crippen LogP contribution < -0.4 is 5.32 Å². The molecule has 2 nitrogen and oxygen atoms in total. The number of likely N-dealkylation sites (tertiary alicyclic amines) is 1. The highest BCUT2D eigenvalue weighted by Gasteiger charge is 2.40. The number of benzene rings is 1. The predicted octanol–water partition coefficient (Wildman–Crippen LogP) is 3.51. The van der Waals surface area contributed by atoms with E-state index in [9.17, 15) is 17.6 Å². The van der Waals surface area contributed by atoms with Crippen LogP contribution in [0.4, 0.5) is 23.2 Å². The van der Waals surface area contributed by atoms with E-state index in [1.165, 1.54) is 12.1 Å². The number of piperidine rings is 1. The third kappa shape index (κ3) is 4.37. The second-order valence-electron chi connectivity index (χ2n) is 5.09. The fourth-order valence-electron chi connectivity index (χ4n) is 2.44. The molecule has 0 saturated carbocycles. The molecule has 1 heterocycles. The Bertz CT molecular complexity index is 425. The number of nitrogens with zero attached hydrogens (tertiary/aromatic N) is 1. The van der Waals surface area contributed by atoms with Crippen molar-refractivity contribution >= 4 is 5.69 Å². The molecule has 1 saturated heterocycles. The van der Waals surface area contributed by atoms with Crippen LogP contribution >= 0.6 is 0 Å². The van der Waals surface area contributed by atoms with Gasteiger partial charge in [-0.05, 0) is 44.1 Å². The Morgan fingerprint density at radius 3 is 2.50 bits per heavy atom. The quantitative estimate of drug-likeness (QED) is 0.854. The zero-order valence-corrected chi connectivity index (χ0v) is 11.1. The number of nitrogens with one attached hydrogen (secondary N) is 1. The van der Waals surface area contributed by atoms with Crippen LogP contribution in [0.2, 0.25) is 0 Å². The minimum Gasteiger partial charge on any atom is -0.384 e. The van der Waals surface area contributed by atoms with Crippen LogP contribution in [0.3, 0.4) is 0 Å². The standard InChI is InChI=1S/C14H18F4N2/c15-12-2-1-3-13(10-12)19-6-9-20-7-4-11(5-8-20)14(16,17)18/h1-3,10-11,19H,4-9H2. The summed E-state index contributed by atoms with van der Waals surface area (Å²) in [5.41, 5.74) is 0.690. The SMILES string of the molecule is Fc1cccc(NCCN2CCC(C(F)(F)F)CC2)c1. The first-order valence-electron chi connectivity index (χ1n) is 6.73. The van der Waals surface area contributed by atoms with Crippen LogP contribution in [0.15, 0.2) is 24.3 Å². The molecule has 0 aromatic heterocycles. The van der Waals surface area contributed by atoms with Crippen molar-refractivity contribution in [3.63, 3.8) is 0 Å². The molecule has 6 heteroatoms. The van der Waals surface area contributed by atoms with Gasteiger partial charge in [-0.25, -0.2) is 4.39 Å². The molecule has 0 amide bonds. The Morgan fingerprint density at radius 1 is 1.20 bits per heavy atom. The Kier molecular flexibility index (Phi) is 4.86. The molecule has 1 aliphatic rings. The van der Waals surface area contributed by atoms with E-state index >= 15 is 0 Å². The molecule has 112 valence electrons. The number of anilines is 1. The summed E-state index contributed by atoms with van der Waals surface area (Å²) in [4.78, 5) is 2.01. The Balaban J connectivity index is 1.69. The second-order valence-corrected chi connectivity index (χ2v) is 5.09. The minimum absolute atomic E-state index is 0.170.